The highest BCUT2D eigenvalue weighted by Gasteiger charge is 2.36. The third kappa shape index (κ3) is 5.46. The monoisotopic (exact) mass is 660 g/mol. The molecule has 1 aliphatic heterocycles. The van der Waals surface area contributed by atoms with Gasteiger partial charge < -0.3 is 9.47 Å². The van der Waals surface area contributed by atoms with Crippen LogP contribution in [0, 0.1) is 3.57 Å². The van der Waals surface area contributed by atoms with Gasteiger partial charge in [-0.1, -0.05) is 34.1 Å². The number of carbonyl (C=O) groups is 3. The highest BCUT2D eigenvalue weighted by molar-refractivity contribution is 14.1. The SMILES string of the molecule is CCOc1ccc(N2C(=O)NC(=O)/C(=C\c3cc(I)c(Cc4ccccc4Br)c(OC)c3)C2=O)cc1. The number of hydrogen-bond donors (Lipinski definition) is 1. The number of halogens is 2. The molecule has 1 heterocycles. The number of anilines is 1. The quantitative estimate of drug-likeness (QED) is 0.199. The normalized spacial score (nSPS) is 14.7. The smallest absolute Gasteiger partial charge is 0.335 e. The zero-order chi connectivity index (χ0) is 25.8. The summed E-state index contributed by atoms with van der Waals surface area (Å²) in [6, 6.07) is 17.3. The van der Waals surface area contributed by atoms with E-state index in [4.69, 9.17) is 9.47 Å². The standard InChI is InChI=1S/C27H22BrIN2O5/c1-3-36-19-10-8-18(9-11-19)31-26(33)21(25(32)30-27(31)34)12-16-13-23(29)20(24(14-16)35-2)15-17-6-4-5-7-22(17)28/h4-14H,3,15H2,1-2H3,(H,30,32,34)/b21-12+. The van der Waals surface area contributed by atoms with Crippen LogP contribution < -0.4 is 19.7 Å². The van der Waals surface area contributed by atoms with Crippen molar-refractivity contribution in [3.63, 3.8) is 0 Å². The molecular weight excluding hydrogens is 639 g/mol. The van der Waals surface area contributed by atoms with E-state index < -0.39 is 17.8 Å². The summed E-state index contributed by atoms with van der Waals surface area (Å²) >= 11 is 5.80. The van der Waals surface area contributed by atoms with Crippen LogP contribution in [0.25, 0.3) is 6.08 Å². The number of imide groups is 2. The van der Waals surface area contributed by atoms with Crippen molar-refractivity contribution in [2.24, 2.45) is 0 Å². The number of methoxy groups -OCH3 is 1. The Hall–Kier alpha value is -3.18. The number of barbiturate groups is 1. The molecule has 7 nitrogen and oxygen atoms in total. The zero-order valence-electron chi connectivity index (χ0n) is 19.5. The molecule has 3 aromatic carbocycles. The van der Waals surface area contributed by atoms with E-state index in [2.05, 4.69) is 43.8 Å². The van der Waals surface area contributed by atoms with Crippen LogP contribution in [0.5, 0.6) is 11.5 Å². The Morgan fingerprint density at radius 3 is 2.44 bits per heavy atom. The van der Waals surface area contributed by atoms with Crippen molar-refractivity contribution in [2.75, 3.05) is 18.6 Å². The van der Waals surface area contributed by atoms with E-state index in [1.165, 1.54) is 6.08 Å². The molecule has 1 N–H and O–H groups in total. The maximum Gasteiger partial charge on any atom is 0.335 e. The molecule has 9 heteroatoms. The minimum Gasteiger partial charge on any atom is -0.496 e. The molecule has 1 saturated heterocycles. The lowest BCUT2D eigenvalue weighted by Crippen LogP contribution is -2.54. The van der Waals surface area contributed by atoms with Gasteiger partial charge in [-0.3, -0.25) is 14.9 Å². The molecule has 4 amide bonds. The first-order valence-electron chi connectivity index (χ1n) is 11.1. The number of rotatable bonds is 7. The fourth-order valence-corrected chi connectivity index (χ4v) is 5.06. The Morgan fingerprint density at radius 1 is 1.06 bits per heavy atom. The molecule has 0 radical (unpaired) electrons. The van der Waals surface area contributed by atoms with Crippen molar-refractivity contribution in [1.29, 1.82) is 0 Å². The molecule has 1 fully saturated rings. The van der Waals surface area contributed by atoms with Crippen LogP contribution in [0.15, 0.2) is 70.7 Å². The van der Waals surface area contributed by atoms with Gasteiger partial charge in [-0.25, -0.2) is 9.69 Å². The molecule has 0 aliphatic carbocycles. The van der Waals surface area contributed by atoms with Crippen molar-refractivity contribution >= 4 is 68.1 Å². The van der Waals surface area contributed by atoms with E-state index in [9.17, 15) is 14.4 Å². The average molecular weight is 661 g/mol. The summed E-state index contributed by atoms with van der Waals surface area (Å²) in [5, 5.41) is 2.25. The van der Waals surface area contributed by atoms with Crippen molar-refractivity contribution in [1.82, 2.24) is 5.32 Å². The Morgan fingerprint density at radius 2 is 1.78 bits per heavy atom. The van der Waals surface area contributed by atoms with Gasteiger partial charge >= 0.3 is 6.03 Å². The van der Waals surface area contributed by atoms with Crippen molar-refractivity contribution in [2.45, 2.75) is 13.3 Å². The molecular formula is C27H22BrIN2O5. The van der Waals surface area contributed by atoms with Crippen LogP contribution in [-0.2, 0) is 16.0 Å². The molecule has 3 aromatic rings. The van der Waals surface area contributed by atoms with Gasteiger partial charge in [-0.2, -0.15) is 0 Å². The lowest BCUT2D eigenvalue weighted by atomic mass is 10.0. The molecule has 4 rings (SSSR count). The molecule has 0 aromatic heterocycles. The van der Waals surface area contributed by atoms with Crippen LogP contribution in [-0.4, -0.2) is 31.6 Å². The molecule has 0 spiro atoms. The number of amides is 4. The summed E-state index contributed by atoms with van der Waals surface area (Å²) in [6.45, 7) is 2.36. The minimum atomic E-state index is -0.803. The van der Waals surface area contributed by atoms with E-state index in [1.54, 1.807) is 37.4 Å². The zero-order valence-corrected chi connectivity index (χ0v) is 23.3. The first kappa shape index (κ1) is 25.9. The summed E-state index contributed by atoms with van der Waals surface area (Å²) in [6.07, 6.45) is 2.11. The largest absolute Gasteiger partial charge is 0.496 e. The molecule has 36 heavy (non-hydrogen) atoms. The Balaban J connectivity index is 1.67. The van der Waals surface area contributed by atoms with Gasteiger partial charge in [-0.05, 0) is 89.2 Å². The van der Waals surface area contributed by atoms with Crippen LogP contribution in [0.4, 0.5) is 10.5 Å². The summed E-state index contributed by atoms with van der Waals surface area (Å²) in [7, 11) is 1.58. The van der Waals surface area contributed by atoms with Crippen LogP contribution >= 0.6 is 38.5 Å². The van der Waals surface area contributed by atoms with Gasteiger partial charge in [0.15, 0.2) is 0 Å². The van der Waals surface area contributed by atoms with E-state index in [-0.39, 0.29) is 5.57 Å². The van der Waals surface area contributed by atoms with Gasteiger partial charge in [-0.15, -0.1) is 0 Å². The first-order chi connectivity index (χ1) is 17.3. The molecule has 0 saturated carbocycles. The maximum atomic E-state index is 13.3. The predicted molar refractivity (Wildman–Crippen MR) is 149 cm³/mol. The van der Waals surface area contributed by atoms with E-state index in [1.807, 2.05) is 37.3 Å². The number of ether oxygens (including phenoxy) is 2. The van der Waals surface area contributed by atoms with E-state index in [0.29, 0.717) is 35.8 Å². The lowest BCUT2D eigenvalue weighted by molar-refractivity contribution is -0.122. The van der Waals surface area contributed by atoms with E-state index in [0.717, 1.165) is 24.1 Å². The second-order valence-electron chi connectivity index (χ2n) is 7.84. The molecule has 1 aliphatic rings. The Bertz CT molecular complexity index is 1370. The van der Waals surface area contributed by atoms with Crippen molar-refractivity contribution in [3.8, 4) is 11.5 Å². The maximum absolute atomic E-state index is 13.3. The summed E-state index contributed by atoms with van der Waals surface area (Å²) in [5.74, 6) is -0.215. The average Bonchev–Trinajstić information content (AvgIpc) is 2.85. The highest BCUT2D eigenvalue weighted by atomic mass is 127. The summed E-state index contributed by atoms with van der Waals surface area (Å²) in [4.78, 5) is 39.3. The third-order valence-corrected chi connectivity index (χ3v) is 7.28. The molecule has 184 valence electrons. The van der Waals surface area contributed by atoms with Crippen molar-refractivity contribution < 1.29 is 23.9 Å². The number of urea groups is 1. The lowest BCUT2D eigenvalue weighted by Gasteiger charge is -2.26. The molecule has 0 bridgehead atoms. The number of carbonyl (C=O) groups excluding carboxylic acids is 3. The second kappa shape index (κ2) is 11.3. The summed E-state index contributed by atoms with van der Waals surface area (Å²) < 4.78 is 13.0. The van der Waals surface area contributed by atoms with Crippen LogP contribution in [0.3, 0.4) is 0 Å². The molecule has 0 atom stereocenters. The van der Waals surface area contributed by atoms with Crippen molar-refractivity contribution in [3.05, 3.63) is 91.0 Å². The minimum absolute atomic E-state index is 0.153. The summed E-state index contributed by atoms with van der Waals surface area (Å²) in [5.41, 5.74) is 2.87. The number of nitrogens with one attached hydrogen (secondary N) is 1. The van der Waals surface area contributed by atoms with Gasteiger partial charge in [0.1, 0.15) is 17.1 Å². The van der Waals surface area contributed by atoms with Gasteiger partial charge in [0.2, 0.25) is 0 Å². The van der Waals surface area contributed by atoms with Gasteiger partial charge in [0, 0.05) is 20.0 Å². The predicted octanol–water partition coefficient (Wildman–Crippen LogP) is 5.72. The molecule has 0 unspecified atom stereocenters. The fraction of sp³-hybridized carbons (Fsp3) is 0.148. The van der Waals surface area contributed by atoms with Crippen LogP contribution in [0.2, 0.25) is 0 Å². The number of benzene rings is 3. The fourth-order valence-electron chi connectivity index (χ4n) is 3.82. The number of hydrogen-bond acceptors (Lipinski definition) is 5. The number of nitrogens with zero attached hydrogens (tertiary/aromatic N) is 1. The van der Waals surface area contributed by atoms with E-state index >= 15 is 0 Å². The Kier molecular flexibility index (Phi) is 8.10. The van der Waals surface area contributed by atoms with Crippen LogP contribution in [0.1, 0.15) is 23.6 Å². The first-order valence-corrected chi connectivity index (χ1v) is 12.9. The van der Waals surface area contributed by atoms with Gasteiger partial charge in [0.05, 0.1) is 19.4 Å². The second-order valence-corrected chi connectivity index (χ2v) is 9.85. The Labute approximate surface area is 230 Å². The topological polar surface area (TPSA) is 84.9 Å². The highest BCUT2D eigenvalue weighted by Crippen LogP contribution is 2.32. The van der Waals surface area contributed by atoms with Gasteiger partial charge in [0.25, 0.3) is 11.8 Å². The third-order valence-electron chi connectivity index (χ3n) is 5.54.